The van der Waals surface area contributed by atoms with Crippen LogP contribution in [-0.4, -0.2) is 5.97 Å². The van der Waals surface area contributed by atoms with Crippen molar-refractivity contribution in [2.45, 2.75) is 33.1 Å². The number of carboxylic acids is 1. The maximum atomic E-state index is 11.2. The third-order valence-corrected chi connectivity index (χ3v) is 3.48. The summed E-state index contributed by atoms with van der Waals surface area (Å²) < 4.78 is 0. The molecule has 20 heavy (non-hydrogen) atoms. The summed E-state index contributed by atoms with van der Waals surface area (Å²) >= 11 is 0. The number of aromatic carboxylic acids is 1. The Bertz CT molecular complexity index is 597. The Kier molecular flexibility index (Phi) is 4.57. The topological polar surface area (TPSA) is 40.1 Å². The van der Waals surface area contributed by atoms with Crippen LogP contribution in [0.5, 0.6) is 0 Å². The quantitative estimate of drug-likeness (QED) is 0.833. The van der Waals surface area contributed by atoms with Gasteiger partial charge in [-0.05, 0) is 36.5 Å². The molecule has 0 N–H and O–H groups in total. The summed E-state index contributed by atoms with van der Waals surface area (Å²) in [7, 11) is 0. The number of aryl methyl sites for hydroxylation is 2. The molecule has 0 saturated heterocycles. The lowest BCUT2D eigenvalue weighted by atomic mass is 9.96. The van der Waals surface area contributed by atoms with Gasteiger partial charge in [0.2, 0.25) is 0 Å². The molecule has 0 aliphatic rings. The van der Waals surface area contributed by atoms with Gasteiger partial charge in [0.1, 0.15) is 0 Å². The molecule has 0 amide bonds. The zero-order valence-electron chi connectivity index (χ0n) is 12.0. The first-order valence-corrected chi connectivity index (χ1v) is 7.03. The fourth-order valence-electron chi connectivity index (χ4n) is 2.31. The molecular weight excluding hydrogens is 248 g/mol. The second kappa shape index (κ2) is 6.38. The van der Waals surface area contributed by atoms with E-state index in [1.807, 2.05) is 25.1 Å². The summed E-state index contributed by atoms with van der Waals surface area (Å²) in [4.78, 5) is 11.2. The van der Waals surface area contributed by atoms with Crippen LogP contribution < -0.4 is 5.11 Å². The van der Waals surface area contributed by atoms with Crippen molar-refractivity contribution in [3.05, 3.63) is 59.2 Å². The average Bonchev–Trinajstić information content (AvgIpc) is 2.45. The second-order valence-corrected chi connectivity index (χ2v) is 5.14. The van der Waals surface area contributed by atoms with Gasteiger partial charge in [0.15, 0.2) is 0 Å². The van der Waals surface area contributed by atoms with E-state index in [1.165, 1.54) is 18.4 Å². The minimum atomic E-state index is -1.13. The summed E-state index contributed by atoms with van der Waals surface area (Å²) in [5, 5.41) is 11.2. The molecule has 2 heteroatoms. The van der Waals surface area contributed by atoms with Crippen molar-refractivity contribution in [3.8, 4) is 11.1 Å². The molecule has 0 spiro atoms. The summed E-state index contributed by atoms with van der Waals surface area (Å²) in [6.45, 7) is 4.13. The van der Waals surface area contributed by atoms with Crippen LogP contribution in [0.15, 0.2) is 42.5 Å². The Morgan fingerprint density at radius 2 is 1.80 bits per heavy atom. The van der Waals surface area contributed by atoms with Crippen molar-refractivity contribution >= 4 is 5.97 Å². The molecule has 2 aromatic carbocycles. The van der Waals surface area contributed by atoms with Gasteiger partial charge in [0, 0.05) is 5.56 Å². The van der Waals surface area contributed by atoms with Crippen molar-refractivity contribution < 1.29 is 9.90 Å². The van der Waals surface area contributed by atoms with Crippen molar-refractivity contribution in [3.63, 3.8) is 0 Å². The minimum Gasteiger partial charge on any atom is -0.545 e. The molecule has 0 unspecified atom stereocenters. The van der Waals surface area contributed by atoms with E-state index in [9.17, 15) is 9.90 Å². The number of unbranched alkanes of at least 4 members (excludes halogenated alkanes) is 1. The van der Waals surface area contributed by atoms with Crippen LogP contribution in [0.4, 0.5) is 0 Å². The van der Waals surface area contributed by atoms with Crippen LogP contribution in [0.25, 0.3) is 11.1 Å². The van der Waals surface area contributed by atoms with Crippen molar-refractivity contribution in [2.75, 3.05) is 0 Å². The van der Waals surface area contributed by atoms with Gasteiger partial charge in [-0.3, -0.25) is 0 Å². The molecule has 0 heterocycles. The maximum Gasteiger partial charge on any atom is 0.0721 e. The van der Waals surface area contributed by atoms with Gasteiger partial charge in [0.25, 0.3) is 0 Å². The predicted molar refractivity (Wildman–Crippen MR) is 79.6 cm³/mol. The van der Waals surface area contributed by atoms with Crippen LogP contribution >= 0.6 is 0 Å². The first-order chi connectivity index (χ1) is 9.61. The Hall–Kier alpha value is -2.09. The number of carboxylic acid groups (broad SMARTS) is 1. The van der Waals surface area contributed by atoms with Gasteiger partial charge in [-0.1, -0.05) is 61.4 Å². The van der Waals surface area contributed by atoms with Crippen LogP contribution in [0.2, 0.25) is 0 Å². The molecule has 0 aliphatic carbocycles. The molecular formula is C18H19O2-. The fourth-order valence-corrected chi connectivity index (χ4v) is 2.31. The monoisotopic (exact) mass is 267 g/mol. The lowest BCUT2D eigenvalue weighted by Crippen LogP contribution is -2.23. The molecule has 0 radical (unpaired) electrons. The summed E-state index contributed by atoms with van der Waals surface area (Å²) in [6.07, 6.45) is 3.42. The highest BCUT2D eigenvalue weighted by atomic mass is 16.4. The van der Waals surface area contributed by atoms with Crippen molar-refractivity contribution in [1.82, 2.24) is 0 Å². The predicted octanol–water partition coefficient (Wildman–Crippen LogP) is 3.37. The van der Waals surface area contributed by atoms with E-state index in [-0.39, 0.29) is 5.56 Å². The highest BCUT2D eigenvalue weighted by Crippen LogP contribution is 2.25. The summed E-state index contributed by atoms with van der Waals surface area (Å²) in [5.41, 5.74) is 4.23. The van der Waals surface area contributed by atoms with Gasteiger partial charge in [-0.2, -0.15) is 0 Å². The minimum absolute atomic E-state index is 0.247. The molecule has 0 fully saturated rings. The molecule has 0 aliphatic heterocycles. The van der Waals surface area contributed by atoms with E-state index in [2.05, 4.69) is 19.1 Å². The second-order valence-electron chi connectivity index (χ2n) is 5.14. The molecule has 0 saturated carbocycles. The molecule has 2 aromatic rings. The number of hydrogen-bond acceptors (Lipinski definition) is 2. The number of hydrogen-bond donors (Lipinski definition) is 0. The zero-order valence-corrected chi connectivity index (χ0v) is 12.0. The van der Waals surface area contributed by atoms with Gasteiger partial charge in [-0.15, -0.1) is 0 Å². The Morgan fingerprint density at radius 1 is 1.10 bits per heavy atom. The summed E-state index contributed by atoms with van der Waals surface area (Å²) in [5.74, 6) is -1.13. The van der Waals surface area contributed by atoms with Crippen LogP contribution in [-0.2, 0) is 6.42 Å². The molecule has 0 aromatic heterocycles. The van der Waals surface area contributed by atoms with Gasteiger partial charge < -0.3 is 9.90 Å². The molecule has 2 nitrogen and oxygen atoms in total. The number of carbonyl (C=O) groups is 1. The van der Waals surface area contributed by atoms with E-state index < -0.39 is 5.97 Å². The zero-order chi connectivity index (χ0) is 14.5. The van der Waals surface area contributed by atoms with E-state index in [0.29, 0.717) is 0 Å². The highest BCUT2D eigenvalue weighted by molar-refractivity contribution is 5.94. The first kappa shape index (κ1) is 14.3. The molecule has 104 valence electrons. The Labute approximate surface area is 120 Å². The van der Waals surface area contributed by atoms with E-state index in [4.69, 9.17) is 0 Å². The maximum absolute atomic E-state index is 11.2. The third kappa shape index (κ3) is 3.27. The molecule has 0 atom stereocenters. The number of rotatable bonds is 5. The lowest BCUT2D eigenvalue weighted by Gasteiger charge is -2.12. The smallest absolute Gasteiger partial charge is 0.0721 e. The van der Waals surface area contributed by atoms with Crippen LogP contribution in [0.1, 0.15) is 41.3 Å². The van der Waals surface area contributed by atoms with E-state index in [1.54, 1.807) is 12.1 Å². The SMILES string of the molecule is CCCCc1ccc(-c2cc(C)ccc2C(=O)[O-])cc1. The number of carbonyl (C=O) groups excluding carboxylic acids is 1. The van der Waals surface area contributed by atoms with E-state index in [0.717, 1.165) is 23.1 Å². The van der Waals surface area contributed by atoms with Gasteiger partial charge in [0.05, 0.1) is 5.97 Å². The largest absolute Gasteiger partial charge is 0.545 e. The highest BCUT2D eigenvalue weighted by Gasteiger charge is 2.06. The first-order valence-electron chi connectivity index (χ1n) is 7.03. The number of benzene rings is 2. The third-order valence-electron chi connectivity index (χ3n) is 3.48. The molecule has 0 bridgehead atoms. The van der Waals surface area contributed by atoms with Gasteiger partial charge >= 0.3 is 0 Å². The van der Waals surface area contributed by atoms with Crippen LogP contribution in [0, 0.1) is 6.92 Å². The van der Waals surface area contributed by atoms with E-state index >= 15 is 0 Å². The van der Waals surface area contributed by atoms with Crippen molar-refractivity contribution in [2.24, 2.45) is 0 Å². The molecule has 2 rings (SSSR count). The van der Waals surface area contributed by atoms with Gasteiger partial charge in [-0.25, -0.2) is 0 Å². The Balaban J connectivity index is 2.36. The lowest BCUT2D eigenvalue weighted by molar-refractivity contribution is -0.254. The fraction of sp³-hybridized carbons (Fsp3) is 0.278. The van der Waals surface area contributed by atoms with Crippen molar-refractivity contribution in [1.29, 1.82) is 0 Å². The average molecular weight is 267 g/mol. The Morgan fingerprint density at radius 3 is 2.40 bits per heavy atom. The van der Waals surface area contributed by atoms with Crippen LogP contribution in [0.3, 0.4) is 0 Å². The normalized spacial score (nSPS) is 10.5. The summed E-state index contributed by atoms with van der Waals surface area (Å²) in [6, 6.07) is 13.4. The standard InChI is InChI=1S/C18H20O2/c1-3-4-5-14-7-9-15(10-8-14)17-12-13(2)6-11-16(17)18(19)20/h6-12H,3-5H2,1-2H3,(H,19,20)/p-1.